The number of fused-ring (bicyclic) bond motifs is 1. The number of carbonyl (C=O) groups is 2. The molecule has 0 spiro atoms. The van der Waals surface area contributed by atoms with Crippen molar-refractivity contribution >= 4 is 40.6 Å². The molecule has 192 valence electrons. The summed E-state index contributed by atoms with van der Waals surface area (Å²) in [7, 11) is 1.55. The predicted octanol–water partition coefficient (Wildman–Crippen LogP) is 6.03. The Morgan fingerprint density at radius 1 is 0.974 bits per heavy atom. The number of nitrogens with one attached hydrogen (secondary N) is 3. The van der Waals surface area contributed by atoms with E-state index in [2.05, 4.69) is 21.0 Å². The highest BCUT2D eigenvalue weighted by Gasteiger charge is 2.35. The van der Waals surface area contributed by atoms with Crippen molar-refractivity contribution < 1.29 is 14.3 Å². The molecular weight excluding hydrogens is 502 g/mol. The Labute approximate surface area is 225 Å². The fourth-order valence-corrected chi connectivity index (χ4v) is 4.65. The topological polar surface area (TPSA) is 97.3 Å². The van der Waals surface area contributed by atoms with Crippen LogP contribution in [0.2, 0.25) is 5.02 Å². The number of anilines is 3. The molecule has 0 saturated carbocycles. The monoisotopic (exact) mass is 527 g/mol. The van der Waals surface area contributed by atoms with E-state index in [0.29, 0.717) is 44.8 Å². The van der Waals surface area contributed by atoms with E-state index in [4.69, 9.17) is 16.3 Å². The van der Waals surface area contributed by atoms with Crippen LogP contribution in [0.15, 0.2) is 90.3 Å². The summed E-state index contributed by atoms with van der Waals surface area (Å²) in [6, 6.07) is 21.4. The van der Waals surface area contributed by atoms with Crippen molar-refractivity contribution in [1.82, 2.24) is 9.78 Å². The first-order valence-electron chi connectivity index (χ1n) is 12.0. The Balaban J connectivity index is 1.54. The Morgan fingerprint density at radius 3 is 2.47 bits per heavy atom. The van der Waals surface area contributed by atoms with Crippen molar-refractivity contribution in [3.63, 3.8) is 0 Å². The van der Waals surface area contributed by atoms with E-state index in [0.717, 1.165) is 11.1 Å². The van der Waals surface area contributed by atoms with E-state index >= 15 is 0 Å². The molecule has 1 aromatic heterocycles. The minimum Gasteiger partial charge on any atom is -0.495 e. The molecule has 0 radical (unpaired) electrons. The number of rotatable bonds is 6. The summed E-state index contributed by atoms with van der Waals surface area (Å²) in [6.45, 7) is 3.76. The average Bonchev–Trinajstić information content (AvgIpc) is 3.32. The molecule has 5 rings (SSSR count). The number of amides is 2. The van der Waals surface area contributed by atoms with E-state index in [1.165, 1.54) is 6.20 Å². The first-order chi connectivity index (χ1) is 18.4. The Morgan fingerprint density at radius 2 is 1.74 bits per heavy atom. The highest BCUT2D eigenvalue weighted by molar-refractivity contribution is 6.30. The van der Waals surface area contributed by atoms with Crippen LogP contribution < -0.4 is 20.7 Å². The second-order valence-electron chi connectivity index (χ2n) is 8.95. The van der Waals surface area contributed by atoms with Crippen LogP contribution >= 0.6 is 11.6 Å². The highest BCUT2D eigenvalue weighted by Crippen LogP contribution is 2.38. The fourth-order valence-electron chi connectivity index (χ4n) is 4.53. The van der Waals surface area contributed by atoms with Gasteiger partial charge in [-0.15, -0.1) is 0 Å². The molecule has 2 amide bonds. The fraction of sp³-hybridized carbons (Fsp3) is 0.138. The van der Waals surface area contributed by atoms with Crippen molar-refractivity contribution in [3.05, 3.63) is 112 Å². The van der Waals surface area contributed by atoms with Gasteiger partial charge in [-0.2, -0.15) is 5.10 Å². The van der Waals surface area contributed by atoms with Crippen molar-refractivity contribution in [2.75, 3.05) is 23.1 Å². The third-order valence-corrected chi connectivity index (χ3v) is 6.58. The number of nitrogens with zero attached hydrogens (tertiary/aromatic N) is 2. The lowest BCUT2D eigenvalue weighted by atomic mass is 9.94. The molecule has 0 fully saturated rings. The van der Waals surface area contributed by atoms with Gasteiger partial charge in [-0.3, -0.25) is 9.59 Å². The maximum Gasteiger partial charge on any atom is 0.261 e. The molecule has 3 N–H and O–H groups in total. The molecule has 0 aliphatic carbocycles. The van der Waals surface area contributed by atoms with Crippen LogP contribution in [0.3, 0.4) is 0 Å². The van der Waals surface area contributed by atoms with Crippen molar-refractivity contribution in [2.24, 2.45) is 0 Å². The minimum atomic E-state index is -0.612. The predicted molar refractivity (Wildman–Crippen MR) is 149 cm³/mol. The molecule has 38 heavy (non-hydrogen) atoms. The van der Waals surface area contributed by atoms with Crippen molar-refractivity contribution in [1.29, 1.82) is 0 Å². The van der Waals surface area contributed by atoms with Gasteiger partial charge in [-0.25, -0.2) is 4.68 Å². The quantitative estimate of drug-likeness (QED) is 0.284. The first-order valence-corrected chi connectivity index (χ1v) is 12.4. The van der Waals surface area contributed by atoms with E-state index in [-0.39, 0.29) is 11.8 Å². The third kappa shape index (κ3) is 4.86. The number of hydrogen-bond acceptors (Lipinski definition) is 5. The smallest absolute Gasteiger partial charge is 0.261 e. The molecule has 0 bridgehead atoms. The van der Waals surface area contributed by atoms with Crippen LogP contribution in [-0.2, 0) is 4.79 Å². The van der Waals surface area contributed by atoms with Gasteiger partial charge in [0.05, 0.1) is 24.6 Å². The summed E-state index contributed by atoms with van der Waals surface area (Å²) < 4.78 is 7.06. The van der Waals surface area contributed by atoms with E-state index in [1.54, 1.807) is 43.0 Å². The number of ether oxygens (including phenoxy) is 1. The maximum atomic E-state index is 13.7. The van der Waals surface area contributed by atoms with Gasteiger partial charge in [-0.1, -0.05) is 48.0 Å². The number of benzene rings is 3. The summed E-state index contributed by atoms with van der Waals surface area (Å²) in [5, 5.41) is 14.3. The lowest BCUT2D eigenvalue weighted by Gasteiger charge is -2.30. The van der Waals surface area contributed by atoms with Crippen LogP contribution in [0.4, 0.5) is 17.2 Å². The highest BCUT2D eigenvalue weighted by atomic mass is 35.5. The average molecular weight is 528 g/mol. The zero-order valence-corrected chi connectivity index (χ0v) is 21.8. The van der Waals surface area contributed by atoms with Crippen LogP contribution in [0.5, 0.6) is 5.75 Å². The van der Waals surface area contributed by atoms with Gasteiger partial charge in [0.25, 0.3) is 11.8 Å². The van der Waals surface area contributed by atoms with E-state index < -0.39 is 6.04 Å². The van der Waals surface area contributed by atoms with Gasteiger partial charge in [0, 0.05) is 16.4 Å². The number of allylic oxidation sites excluding steroid dienone is 1. The second-order valence-corrected chi connectivity index (χ2v) is 9.38. The Bertz CT molecular complexity index is 1560. The number of aromatic nitrogens is 2. The zero-order chi connectivity index (χ0) is 26.8. The molecule has 8 nitrogen and oxygen atoms in total. The van der Waals surface area contributed by atoms with Crippen LogP contribution in [0.1, 0.15) is 34.5 Å². The summed E-state index contributed by atoms with van der Waals surface area (Å²) in [5.41, 5.74) is 4.44. The molecule has 2 heterocycles. The molecule has 9 heteroatoms. The minimum absolute atomic E-state index is 0.311. The van der Waals surface area contributed by atoms with E-state index in [9.17, 15) is 9.59 Å². The lowest BCUT2D eigenvalue weighted by molar-refractivity contribution is -0.113. The molecule has 4 aromatic rings. The summed E-state index contributed by atoms with van der Waals surface area (Å²) >= 11 is 6.16. The third-order valence-electron chi connectivity index (χ3n) is 6.33. The van der Waals surface area contributed by atoms with Crippen molar-refractivity contribution in [2.45, 2.75) is 19.9 Å². The van der Waals surface area contributed by atoms with Crippen molar-refractivity contribution in [3.8, 4) is 5.75 Å². The zero-order valence-electron chi connectivity index (χ0n) is 21.1. The molecule has 1 aliphatic heterocycles. The molecule has 1 unspecified atom stereocenters. The second kappa shape index (κ2) is 10.4. The number of carbonyl (C=O) groups excluding carboxylic acids is 2. The van der Waals surface area contributed by atoms with E-state index in [1.807, 2.05) is 55.5 Å². The number of para-hydroxylation sites is 2. The van der Waals surface area contributed by atoms with Gasteiger partial charge >= 0.3 is 0 Å². The Hall–Kier alpha value is -4.56. The molecule has 3 aromatic carbocycles. The van der Waals surface area contributed by atoms with Crippen LogP contribution in [-0.4, -0.2) is 28.7 Å². The normalized spacial score (nSPS) is 14.4. The number of aryl methyl sites for hydroxylation is 1. The molecule has 1 aliphatic rings. The van der Waals surface area contributed by atoms with Gasteiger partial charge in [0.15, 0.2) is 0 Å². The molecule has 1 atom stereocenters. The standard InChI is InChI=1S/C29H26ClN5O3/c1-17-7-6-8-21(15-17)33-28(36)22-16-31-35-26(19-11-13-20(30)14-12-19)25(18(2)32-27(22)35)29(37)34-23-9-4-5-10-24(23)38-3/h4-16,26,32H,1-3H3,(H,33,36)(H,34,37). The largest absolute Gasteiger partial charge is 0.495 e. The molecule has 0 saturated heterocycles. The first kappa shape index (κ1) is 25.1. The lowest BCUT2D eigenvalue weighted by Crippen LogP contribution is -2.32. The Kier molecular flexibility index (Phi) is 6.89. The summed E-state index contributed by atoms with van der Waals surface area (Å²) in [6.07, 6.45) is 1.50. The number of hydrogen-bond donors (Lipinski definition) is 3. The van der Waals surface area contributed by atoms with Gasteiger partial charge in [-0.05, 0) is 61.4 Å². The van der Waals surface area contributed by atoms with Gasteiger partial charge < -0.3 is 20.7 Å². The van der Waals surface area contributed by atoms with Gasteiger partial charge in [0.1, 0.15) is 23.2 Å². The number of methoxy groups -OCH3 is 1. The maximum absolute atomic E-state index is 13.7. The van der Waals surface area contributed by atoms with Gasteiger partial charge in [0.2, 0.25) is 0 Å². The summed E-state index contributed by atoms with van der Waals surface area (Å²) in [4.78, 5) is 27.0. The summed E-state index contributed by atoms with van der Waals surface area (Å²) in [5.74, 6) is 0.391. The van der Waals surface area contributed by atoms with Crippen LogP contribution in [0.25, 0.3) is 0 Å². The number of halogens is 1. The van der Waals surface area contributed by atoms with Crippen LogP contribution in [0, 0.1) is 6.92 Å². The SMILES string of the molecule is COc1ccccc1NC(=O)C1=C(C)Nc2c(C(=O)Nc3cccc(C)c3)cnn2C1c1ccc(Cl)cc1. The molecular formula is C29H26ClN5O3.